The Kier molecular flexibility index (Phi) is 18.6. The van der Waals surface area contributed by atoms with Crippen LogP contribution in [0.25, 0.3) is 27.2 Å². The molecule has 0 unspecified atom stereocenters. The molecule has 0 saturated heterocycles. The predicted octanol–water partition coefficient (Wildman–Crippen LogP) is 6.53. The fourth-order valence-corrected chi connectivity index (χ4v) is 11.8. The minimum Gasteiger partial charge on any atom is -0.505 e. The zero-order chi connectivity index (χ0) is 68.9. The van der Waals surface area contributed by atoms with E-state index in [1.807, 2.05) is 0 Å². The maximum absolute atomic E-state index is 13.1. The van der Waals surface area contributed by atoms with E-state index in [-0.39, 0.29) is 17.8 Å². The summed E-state index contributed by atoms with van der Waals surface area (Å²) in [4.78, 5) is 25.8. The van der Waals surface area contributed by atoms with Crippen molar-refractivity contribution in [3.05, 3.63) is 117 Å². The molecule has 0 aliphatic carbocycles. The Morgan fingerprint density at radius 1 is 0.500 bits per heavy atom. The van der Waals surface area contributed by atoms with Crippen molar-refractivity contribution in [2.24, 2.45) is 40.9 Å². The lowest BCUT2D eigenvalue weighted by Gasteiger charge is -2.13. The number of carboxylic acid groups (broad SMARTS) is 1. The van der Waals surface area contributed by atoms with Gasteiger partial charge < -0.3 is 26.2 Å². The van der Waals surface area contributed by atoms with Crippen molar-refractivity contribution in [1.82, 2.24) is 9.78 Å². The molecule has 482 valence electrons. The highest BCUT2D eigenvalue weighted by Gasteiger charge is 2.32. The molecule has 0 atom stereocenters. The summed E-state index contributed by atoms with van der Waals surface area (Å²) in [5.74, 6) is -5.76. The number of hydrogen-bond donors (Lipinski definition) is 11. The molecule has 8 aromatic rings. The molecule has 0 aliphatic heterocycles. The highest BCUT2D eigenvalue weighted by atomic mass is 32.2. The Morgan fingerprint density at radius 3 is 1.53 bits per heavy atom. The molecule has 7 aromatic carbocycles. The molecule has 1 heterocycles. The minimum atomic E-state index is -5.82. The second-order valence-corrected chi connectivity index (χ2v) is 26.1. The number of nitro benzene ring substituents is 2. The number of anilines is 1. The second kappa shape index (κ2) is 24.9. The molecule has 0 radical (unpaired) electrons. The number of non-ortho nitro benzene ring substituents is 1. The summed E-state index contributed by atoms with van der Waals surface area (Å²) >= 11 is 0. The maximum Gasteiger partial charge on any atom is 0.425 e. The third-order valence-corrected chi connectivity index (χ3v) is 16.9. The minimum absolute atomic E-state index is 0.221. The zero-order valence-electron chi connectivity index (χ0n) is 43.6. The SMILES string of the molecule is Nc1c(N=Nc2ccc3c(O)c(N=Nc4cc([N+](=O)[O-])c(N=Nc5c(C(=O)O)nn(-c6ccc(S(=O)(=O)O)cc6)c5O)c(S(=O)(=O)O)c4)c(S(=O)(=O)O)cc3c2S(=O)(=O)O)cc(S(=O)(=O)O)c2ccc(N=Nc3ccc([N+](=O)[O-])cc3S(=O)(=O)O)c(O)c12.O=S(=O)=O. The third kappa shape index (κ3) is 14.6. The van der Waals surface area contributed by atoms with Crippen LogP contribution in [0.5, 0.6) is 17.4 Å². The fraction of sp³-hybridized carbons (Fsp3) is 0. The Bertz CT molecular complexity index is 5550. The number of benzene rings is 7. The number of aromatic nitrogens is 2. The van der Waals surface area contributed by atoms with Crippen LogP contribution in [0.15, 0.2) is 161 Å². The first kappa shape index (κ1) is 68.7. The van der Waals surface area contributed by atoms with Gasteiger partial charge in [-0.1, -0.05) is 6.07 Å². The molecule has 43 nitrogen and oxygen atoms in total. The number of nitrogens with two attached hydrogens (primary N) is 1. The van der Waals surface area contributed by atoms with Gasteiger partial charge in [0.1, 0.15) is 52.9 Å². The van der Waals surface area contributed by atoms with Crippen molar-refractivity contribution < 1.29 is 126 Å². The highest BCUT2D eigenvalue weighted by Crippen LogP contribution is 2.49. The van der Waals surface area contributed by atoms with Crippen molar-refractivity contribution in [2.45, 2.75) is 29.4 Å². The number of phenolic OH excluding ortho intramolecular Hbond substituents is 2. The third-order valence-electron chi connectivity index (χ3n) is 11.6. The van der Waals surface area contributed by atoms with Gasteiger partial charge in [0.2, 0.25) is 11.6 Å². The van der Waals surface area contributed by atoms with Crippen LogP contribution in [0.4, 0.5) is 62.6 Å². The number of carbonyl (C=O) groups is 1. The van der Waals surface area contributed by atoms with Gasteiger partial charge in [-0.25, -0.2) is 4.79 Å². The quantitative estimate of drug-likeness (QED) is 0.0143. The molecule has 0 amide bonds. The molecule has 0 bridgehead atoms. The Balaban J connectivity index is 0.00000291. The fourth-order valence-electron chi connectivity index (χ4n) is 7.85. The van der Waals surface area contributed by atoms with Gasteiger partial charge in [-0.05, 0) is 66.7 Å². The van der Waals surface area contributed by atoms with Crippen molar-refractivity contribution in [1.29, 1.82) is 0 Å². The molecule has 0 saturated carbocycles. The molecule has 0 fully saturated rings. The van der Waals surface area contributed by atoms with Gasteiger partial charge in [-0.2, -0.15) is 65.4 Å². The lowest BCUT2D eigenvalue weighted by Crippen LogP contribution is -2.03. The number of rotatable bonds is 18. The topological polar surface area (TPSA) is 704 Å². The largest absolute Gasteiger partial charge is 0.505 e. The van der Waals surface area contributed by atoms with E-state index in [9.17, 15) is 123 Å². The van der Waals surface area contributed by atoms with Crippen LogP contribution >= 0.6 is 0 Å². The van der Waals surface area contributed by atoms with Gasteiger partial charge in [0.15, 0.2) is 22.9 Å². The first-order valence-electron chi connectivity index (χ1n) is 22.8. The molecule has 0 aliphatic rings. The Morgan fingerprint density at radius 2 is 1.00 bits per heavy atom. The molecule has 50 heteroatoms. The van der Waals surface area contributed by atoms with Crippen LogP contribution in [0.1, 0.15) is 10.5 Å². The summed E-state index contributed by atoms with van der Waals surface area (Å²) in [7, 11) is -35.8. The van der Waals surface area contributed by atoms with E-state index in [0.717, 1.165) is 48.5 Å². The van der Waals surface area contributed by atoms with Crippen LogP contribution in [-0.4, -0.2) is 136 Å². The first-order valence-corrected chi connectivity index (χ1v) is 32.4. The van der Waals surface area contributed by atoms with Crippen LogP contribution in [-0.2, 0) is 71.3 Å². The first-order chi connectivity index (χ1) is 42.3. The lowest BCUT2D eigenvalue weighted by atomic mass is 10.1. The van der Waals surface area contributed by atoms with Crippen LogP contribution in [0.2, 0.25) is 0 Å². The van der Waals surface area contributed by atoms with Crippen LogP contribution in [0.3, 0.4) is 0 Å². The molecule has 92 heavy (non-hydrogen) atoms. The average molecular weight is 1420 g/mol. The van der Waals surface area contributed by atoms with Gasteiger partial charge in [0.05, 0.1) is 37.2 Å². The van der Waals surface area contributed by atoms with Crippen molar-refractivity contribution in [3.8, 4) is 23.1 Å². The number of carboxylic acids is 1. The molecular weight excluding hydrogens is 1390 g/mol. The molecule has 8 rings (SSSR count). The number of phenols is 2. The zero-order valence-corrected chi connectivity index (χ0v) is 49.3. The van der Waals surface area contributed by atoms with E-state index in [4.69, 9.17) is 18.4 Å². The molecule has 0 spiro atoms. The standard InChI is InChI=1S/C42H27N13O27S6.O3S/c43-33-26(15-28(84(68,69)70)21-7-9-24(39(57)32(21)33)46-45-23-8-3-18(54(61)62)13-29(23)85(71,72)73)48-47-25-10-6-20-22(40(25)88(80,81)82)14-31(87(77,78)79)35(38(20)56)50-44-16-11-27(55(63)64)34(30(12-16)86(74,75)76)49-51-36-37(42(59)60)52-53(41(36)58)17-1-4-19(5-2-17)83(65,66)67;1-4(2)3/h1-15,56-58H,43H2,(H,59,60)(H,65,66,67)(H,68,69,70)(H,71,72,73)(H,74,75,76)(H,77,78,79)(H,80,81,82);. The van der Waals surface area contributed by atoms with E-state index >= 15 is 0 Å². The van der Waals surface area contributed by atoms with E-state index < -0.39 is 224 Å². The number of nitrogen functional groups attached to an aromatic ring is 1. The van der Waals surface area contributed by atoms with E-state index in [0.29, 0.717) is 35.0 Å². The second-order valence-electron chi connectivity index (χ2n) is 17.3. The summed E-state index contributed by atoms with van der Waals surface area (Å²) in [6.07, 6.45) is 0. The highest BCUT2D eigenvalue weighted by molar-refractivity contribution is 7.87. The number of nitro groups is 2. The van der Waals surface area contributed by atoms with Gasteiger partial charge in [0, 0.05) is 34.4 Å². The van der Waals surface area contributed by atoms with Crippen molar-refractivity contribution in [2.75, 3.05) is 5.73 Å². The van der Waals surface area contributed by atoms with Crippen molar-refractivity contribution >= 4 is 161 Å². The smallest absolute Gasteiger partial charge is 0.425 e. The van der Waals surface area contributed by atoms with Gasteiger partial charge in [-0.3, -0.25) is 47.5 Å². The summed E-state index contributed by atoms with van der Waals surface area (Å²) in [6.45, 7) is 0. The van der Waals surface area contributed by atoms with Crippen LogP contribution < -0.4 is 5.73 Å². The maximum atomic E-state index is 13.1. The number of aromatic hydroxyl groups is 3. The van der Waals surface area contributed by atoms with Crippen LogP contribution in [0, 0.1) is 20.2 Å². The Labute approximate surface area is 510 Å². The average Bonchev–Trinajstić information content (AvgIpc) is 0.935. The molecule has 1 aromatic heterocycles. The van der Waals surface area contributed by atoms with E-state index in [2.05, 4.69) is 46.0 Å². The number of azo groups is 4. The van der Waals surface area contributed by atoms with Crippen molar-refractivity contribution in [3.63, 3.8) is 0 Å². The summed E-state index contributed by atoms with van der Waals surface area (Å²) in [5.41, 5.74) is -6.61. The van der Waals surface area contributed by atoms with E-state index in [1.54, 1.807) is 0 Å². The number of hydrogen-bond acceptors (Lipinski definition) is 33. The van der Waals surface area contributed by atoms with Gasteiger partial charge in [-0.15, -0.1) is 48.4 Å². The molecule has 12 N–H and O–H groups in total. The summed E-state index contributed by atoms with van der Waals surface area (Å²) in [6, 6.07) is 9.71. The van der Waals surface area contributed by atoms with E-state index in [1.165, 1.54) is 0 Å². The summed E-state index contributed by atoms with van der Waals surface area (Å²) in [5, 5.41) is 95.7. The number of aromatic carboxylic acids is 1. The summed E-state index contributed by atoms with van der Waals surface area (Å²) < 4.78 is 236. The lowest BCUT2D eigenvalue weighted by molar-refractivity contribution is -0.385. The van der Waals surface area contributed by atoms with Gasteiger partial charge >= 0.3 is 16.6 Å². The Hall–Kier alpha value is -10.8. The molecular formula is C42H27N13O30S7. The number of nitrogens with zero attached hydrogens (tertiary/aromatic N) is 12. The normalized spacial score (nSPS) is 12.7. The predicted molar refractivity (Wildman–Crippen MR) is 299 cm³/mol. The van der Waals surface area contributed by atoms with Gasteiger partial charge in [0.25, 0.3) is 72.1 Å². The monoisotopic (exact) mass is 1420 g/mol. The number of fused-ring (bicyclic) bond motifs is 2.